The molecule has 0 aliphatic carbocycles. The highest BCUT2D eigenvalue weighted by molar-refractivity contribution is 9.48. The van der Waals surface area contributed by atoms with E-state index >= 15 is 0 Å². The number of nitrogens with zero attached hydrogens (tertiary/aromatic N) is 1. The van der Waals surface area contributed by atoms with Gasteiger partial charge in [-0.3, -0.25) is 0 Å². The predicted molar refractivity (Wildman–Crippen MR) is 237 cm³/mol. The van der Waals surface area contributed by atoms with Gasteiger partial charge in [0.25, 0.3) is 0 Å². The number of unbranched alkanes of at least 4 members (excludes halogenated alkanes) is 15. The Morgan fingerprint density at radius 2 is 1.04 bits per heavy atom. The fourth-order valence-corrected chi connectivity index (χ4v) is 26.3. The Kier molecular flexibility index (Phi) is 32.3. The minimum absolute atomic E-state index is 0.782. The van der Waals surface area contributed by atoms with Gasteiger partial charge in [0.15, 0.2) is 4.34 Å². The molecule has 4 nitrogen and oxygen atoms in total. The van der Waals surface area contributed by atoms with E-state index in [0.29, 0.717) is 0 Å². The third kappa shape index (κ3) is 24.3. The lowest BCUT2D eigenvalue weighted by molar-refractivity contribution is 0.0551. The summed E-state index contributed by atoms with van der Waals surface area (Å²) in [5.74, 6) is 1.09. The van der Waals surface area contributed by atoms with E-state index in [1.807, 2.05) is 59.9 Å². The first-order valence-corrected chi connectivity index (χ1v) is 31.4. The molecule has 0 atom stereocenters. The Morgan fingerprint density at radius 1 is 0.562 bits per heavy atom. The predicted octanol–water partition coefficient (Wildman–Crippen LogP) is 16.4. The van der Waals surface area contributed by atoms with Crippen LogP contribution in [0.5, 0.6) is 0 Å². The number of fused-ring (bicyclic) bond motifs is 1. The summed E-state index contributed by atoms with van der Waals surface area (Å²) in [6.07, 6.45) is 24.0. The second-order valence-corrected chi connectivity index (χ2v) is 28.9. The zero-order valence-electron chi connectivity index (χ0n) is 29.6. The van der Waals surface area contributed by atoms with E-state index in [0.717, 1.165) is 67.2 Å². The minimum atomic E-state index is -2.70. The first-order valence-electron chi connectivity index (χ1n) is 18.3. The van der Waals surface area contributed by atoms with Crippen LogP contribution in [0.3, 0.4) is 0 Å². The molecule has 278 valence electrons. The molecule has 1 aromatic heterocycles. The third-order valence-corrected chi connectivity index (χ3v) is 27.2. The van der Waals surface area contributed by atoms with Crippen molar-refractivity contribution in [1.82, 2.24) is 4.98 Å². The maximum absolute atomic E-state index is 6.71. The molecule has 1 aromatic carbocycles. The van der Waals surface area contributed by atoms with E-state index in [9.17, 15) is 0 Å². The van der Waals surface area contributed by atoms with Gasteiger partial charge in [-0.05, 0) is 108 Å². The zero-order valence-corrected chi connectivity index (χ0v) is 38.0. The normalized spacial score (nSPS) is 12.1. The lowest BCUT2D eigenvalue weighted by Gasteiger charge is -2.30. The van der Waals surface area contributed by atoms with Gasteiger partial charge in [-0.2, -0.15) is 0 Å². The second kappa shape index (κ2) is 33.6. The fourth-order valence-electron chi connectivity index (χ4n) is 5.05. The first-order chi connectivity index (χ1) is 23.7. The van der Waals surface area contributed by atoms with Crippen LogP contribution in [0.4, 0.5) is 0 Å². The number of hydrogen-bond donors (Lipinski definition) is 0. The number of thiazole rings is 1. The van der Waals surface area contributed by atoms with Crippen LogP contribution in [0.2, 0.25) is 6.04 Å². The number of hydrogen-bond acceptors (Lipinski definition) is 13. The number of para-hydroxylation sites is 1. The van der Waals surface area contributed by atoms with E-state index in [1.165, 1.54) is 101 Å². The van der Waals surface area contributed by atoms with Crippen molar-refractivity contribution in [3.63, 3.8) is 0 Å². The molecule has 0 amide bonds. The molecule has 0 saturated heterocycles. The van der Waals surface area contributed by atoms with Crippen molar-refractivity contribution >= 4 is 111 Å². The number of rotatable bonds is 36. The van der Waals surface area contributed by atoms with Gasteiger partial charge in [0.2, 0.25) is 0 Å². The van der Waals surface area contributed by atoms with Gasteiger partial charge in [0.05, 0.1) is 10.2 Å². The average Bonchev–Trinajstić information content (AvgIpc) is 3.52. The van der Waals surface area contributed by atoms with Gasteiger partial charge >= 0.3 is 8.80 Å². The summed E-state index contributed by atoms with van der Waals surface area (Å²) >= 11 is 1.77. The standard InChI is InChI=1S/C34H61NO3S9Si/c1-4-7-10-13-16-21-27-36-48(37-28-22-17-14-11-8-5-2,38-29-23-18-15-12-9-6-3)31-24-30-39-42-44-46-47-45-43-41-34-35-32-25-19-20-26-33(32)40-34/h19-20,25-26H,4-18,21-24,27-31H2,1-3H3. The molecule has 0 radical (unpaired) electrons. The fraction of sp³-hybridized carbons (Fsp3) is 0.794. The molecule has 2 rings (SSSR count). The summed E-state index contributed by atoms with van der Waals surface area (Å²) in [4.78, 5) is 4.70. The molecule has 0 saturated carbocycles. The topological polar surface area (TPSA) is 40.6 Å². The summed E-state index contributed by atoms with van der Waals surface area (Å²) in [7, 11) is 12.0. The zero-order chi connectivity index (χ0) is 34.2. The highest BCUT2D eigenvalue weighted by atomic mass is 34.0. The van der Waals surface area contributed by atoms with E-state index in [4.69, 9.17) is 18.3 Å². The first kappa shape index (κ1) is 46.2. The minimum Gasteiger partial charge on any atom is -0.373 e. The molecule has 0 spiro atoms. The molecule has 0 aliphatic rings. The quantitative estimate of drug-likeness (QED) is 0.0373. The van der Waals surface area contributed by atoms with Crippen LogP contribution in [0.25, 0.3) is 10.2 Å². The Balaban J connectivity index is 1.72. The van der Waals surface area contributed by atoms with Crippen molar-refractivity contribution in [2.75, 3.05) is 25.6 Å². The Hall–Kier alpha value is 2.01. The van der Waals surface area contributed by atoms with Gasteiger partial charge in [-0.1, -0.05) is 140 Å². The van der Waals surface area contributed by atoms with E-state index in [2.05, 4.69) is 45.0 Å². The highest BCUT2D eigenvalue weighted by Gasteiger charge is 2.40. The van der Waals surface area contributed by atoms with Crippen molar-refractivity contribution in [2.45, 2.75) is 153 Å². The van der Waals surface area contributed by atoms with Crippen molar-refractivity contribution in [1.29, 1.82) is 0 Å². The van der Waals surface area contributed by atoms with Crippen LogP contribution in [0.1, 0.15) is 143 Å². The molecule has 0 unspecified atom stereocenters. The van der Waals surface area contributed by atoms with Gasteiger partial charge in [-0.25, -0.2) is 4.98 Å². The molecule has 1 heterocycles. The Bertz CT molecular complexity index is 916. The maximum Gasteiger partial charge on any atom is 0.500 e. The number of benzene rings is 1. The van der Waals surface area contributed by atoms with E-state index < -0.39 is 8.80 Å². The summed E-state index contributed by atoms with van der Waals surface area (Å²) in [6.45, 7) is 9.19. The summed E-state index contributed by atoms with van der Waals surface area (Å²) < 4.78 is 22.5. The van der Waals surface area contributed by atoms with E-state index in [-0.39, 0.29) is 0 Å². The van der Waals surface area contributed by atoms with Crippen LogP contribution in [0.15, 0.2) is 28.6 Å². The van der Waals surface area contributed by atoms with Crippen LogP contribution < -0.4 is 0 Å². The van der Waals surface area contributed by atoms with Crippen LogP contribution in [0, 0.1) is 0 Å². The van der Waals surface area contributed by atoms with Crippen molar-refractivity contribution in [2.24, 2.45) is 0 Å². The lowest BCUT2D eigenvalue weighted by atomic mass is 10.1. The second-order valence-electron chi connectivity index (χ2n) is 11.9. The lowest BCUT2D eigenvalue weighted by Crippen LogP contribution is -2.46. The molecule has 0 N–H and O–H groups in total. The van der Waals surface area contributed by atoms with Crippen molar-refractivity contribution in [3.05, 3.63) is 24.3 Å². The van der Waals surface area contributed by atoms with Crippen LogP contribution >= 0.6 is 91.9 Å². The summed E-state index contributed by atoms with van der Waals surface area (Å²) in [5, 5.41) is 0. The molecule has 0 aliphatic heterocycles. The third-order valence-electron chi connectivity index (χ3n) is 7.74. The largest absolute Gasteiger partial charge is 0.500 e. The van der Waals surface area contributed by atoms with Gasteiger partial charge in [-0.15, -0.1) is 11.3 Å². The van der Waals surface area contributed by atoms with Gasteiger partial charge < -0.3 is 13.3 Å². The van der Waals surface area contributed by atoms with Crippen molar-refractivity contribution < 1.29 is 13.3 Å². The van der Waals surface area contributed by atoms with Gasteiger partial charge in [0.1, 0.15) is 0 Å². The Morgan fingerprint density at radius 3 is 1.58 bits per heavy atom. The average molecular weight is 849 g/mol. The van der Waals surface area contributed by atoms with Crippen LogP contribution in [-0.4, -0.2) is 39.4 Å². The molecule has 14 heteroatoms. The highest BCUT2D eigenvalue weighted by Crippen LogP contribution is 2.58. The van der Waals surface area contributed by atoms with E-state index in [1.54, 1.807) is 32.0 Å². The number of aromatic nitrogens is 1. The SMILES string of the molecule is CCCCCCCCO[Si](CCCSSSSSSSSc1nc2ccccc2s1)(OCCCCCCCC)OCCCCCCCC. The molecular weight excluding hydrogens is 787 g/mol. The van der Waals surface area contributed by atoms with Crippen molar-refractivity contribution in [3.8, 4) is 0 Å². The molecule has 0 fully saturated rings. The van der Waals surface area contributed by atoms with Crippen LogP contribution in [-0.2, 0) is 13.3 Å². The maximum atomic E-state index is 6.71. The monoisotopic (exact) mass is 847 g/mol. The summed E-state index contributed by atoms with van der Waals surface area (Å²) in [5.41, 5.74) is 1.10. The molecule has 48 heavy (non-hydrogen) atoms. The molecule has 2 aromatic rings. The van der Waals surface area contributed by atoms with Gasteiger partial charge in [0, 0.05) is 31.6 Å². The Labute approximate surface area is 329 Å². The molecule has 0 bridgehead atoms. The smallest absolute Gasteiger partial charge is 0.373 e. The summed E-state index contributed by atoms with van der Waals surface area (Å²) in [6, 6.07) is 9.29. The molecular formula is C34H61NO3S9Si.